The van der Waals surface area contributed by atoms with Gasteiger partial charge < -0.3 is 44.5 Å². The zero-order valence-electron chi connectivity index (χ0n) is 17.4. The van der Waals surface area contributed by atoms with E-state index in [1.807, 2.05) is 0 Å². The molecule has 31 heavy (non-hydrogen) atoms. The first-order valence-electron chi connectivity index (χ1n) is 9.56. The second kappa shape index (κ2) is 10.4. The first kappa shape index (κ1) is 25.0. The molecule has 1 heterocycles. The minimum Gasteiger partial charge on any atom is -0.462 e. The number of carbonyl (C=O) groups excluding carboxylic acids is 2. The zero-order valence-corrected chi connectivity index (χ0v) is 17.4. The van der Waals surface area contributed by atoms with Gasteiger partial charge in [0.05, 0.1) is 6.61 Å². The summed E-state index contributed by atoms with van der Waals surface area (Å²) in [5.74, 6) is -1.41. The Kier molecular flexibility index (Phi) is 8.34. The monoisotopic (exact) mass is 444 g/mol. The van der Waals surface area contributed by atoms with Crippen molar-refractivity contribution in [2.45, 2.75) is 69.8 Å². The van der Waals surface area contributed by atoms with Gasteiger partial charge in [0.1, 0.15) is 42.4 Å². The molecule has 0 amide bonds. The maximum atomic E-state index is 12.2. The molecule has 0 bridgehead atoms. The molecule has 6 atom stereocenters. The van der Waals surface area contributed by atoms with Crippen LogP contribution < -0.4 is 4.74 Å². The molecule has 1 saturated heterocycles. The van der Waals surface area contributed by atoms with Gasteiger partial charge >= 0.3 is 11.9 Å². The van der Waals surface area contributed by atoms with E-state index in [9.17, 15) is 35.1 Å². The summed E-state index contributed by atoms with van der Waals surface area (Å²) in [6, 6.07) is 6.09. The van der Waals surface area contributed by atoms with Crippen molar-refractivity contribution >= 4 is 11.9 Å². The van der Waals surface area contributed by atoms with E-state index in [-0.39, 0.29) is 12.4 Å². The van der Waals surface area contributed by atoms with E-state index in [0.29, 0.717) is 5.56 Å². The molecule has 0 spiro atoms. The second-order valence-corrected chi connectivity index (χ2v) is 7.71. The number of aliphatic hydroxyl groups is 5. The molecule has 5 N–H and O–H groups in total. The van der Waals surface area contributed by atoms with Gasteiger partial charge in [-0.05, 0) is 31.5 Å². The van der Waals surface area contributed by atoms with Gasteiger partial charge in [-0.1, -0.05) is 12.1 Å². The van der Waals surface area contributed by atoms with Crippen LogP contribution in [0, 0.1) is 0 Å². The van der Waals surface area contributed by atoms with Gasteiger partial charge in [-0.2, -0.15) is 0 Å². The largest absolute Gasteiger partial charge is 0.462 e. The SMILES string of the molecule is CC(=O)OC(C(=O)OCc1ccc(OC2OC(CO)C(O)C(O)C2O)cc1)C(C)(C)O. The molecule has 1 aliphatic rings. The standard InChI is InChI=1S/C20H28O11/c1-10(22)29-17(20(2,3)27)18(26)28-9-11-4-6-12(7-5-11)30-19-16(25)15(24)14(23)13(8-21)31-19/h4-7,13-17,19,21,23-25,27H,8-9H2,1-3H3. The number of aliphatic hydroxyl groups excluding tert-OH is 4. The normalized spacial score (nSPS) is 27.3. The predicted octanol–water partition coefficient (Wildman–Crippen LogP) is -1.39. The van der Waals surface area contributed by atoms with Crippen molar-refractivity contribution in [1.29, 1.82) is 0 Å². The van der Waals surface area contributed by atoms with Crippen molar-refractivity contribution in [3.8, 4) is 5.75 Å². The van der Waals surface area contributed by atoms with Gasteiger partial charge in [0.2, 0.25) is 12.4 Å². The van der Waals surface area contributed by atoms with Crippen LogP contribution in [-0.2, 0) is 30.4 Å². The summed E-state index contributed by atoms with van der Waals surface area (Å²) in [5, 5.41) is 48.8. The van der Waals surface area contributed by atoms with E-state index in [1.54, 1.807) is 12.1 Å². The molecular weight excluding hydrogens is 416 g/mol. The van der Waals surface area contributed by atoms with Crippen molar-refractivity contribution in [3.05, 3.63) is 29.8 Å². The molecule has 1 fully saturated rings. The molecular formula is C20H28O11. The molecule has 0 aliphatic carbocycles. The molecule has 0 radical (unpaired) electrons. The van der Waals surface area contributed by atoms with Gasteiger partial charge in [-0.25, -0.2) is 4.79 Å². The smallest absolute Gasteiger partial charge is 0.350 e. The summed E-state index contributed by atoms with van der Waals surface area (Å²) >= 11 is 0. The zero-order chi connectivity index (χ0) is 23.3. The lowest BCUT2D eigenvalue weighted by Gasteiger charge is -2.39. The first-order valence-corrected chi connectivity index (χ1v) is 9.56. The maximum Gasteiger partial charge on any atom is 0.350 e. The van der Waals surface area contributed by atoms with Gasteiger partial charge in [0, 0.05) is 6.92 Å². The molecule has 1 aromatic carbocycles. The molecule has 174 valence electrons. The van der Waals surface area contributed by atoms with E-state index < -0.39 is 61.0 Å². The maximum absolute atomic E-state index is 12.2. The average molecular weight is 444 g/mol. The lowest BCUT2D eigenvalue weighted by Crippen LogP contribution is -2.60. The van der Waals surface area contributed by atoms with Crippen molar-refractivity contribution in [2.24, 2.45) is 0 Å². The molecule has 11 heteroatoms. The Morgan fingerprint density at radius 2 is 1.71 bits per heavy atom. The highest BCUT2D eigenvalue weighted by Gasteiger charge is 2.44. The minimum atomic E-state index is -1.63. The number of rotatable bonds is 8. The van der Waals surface area contributed by atoms with Crippen LogP contribution in [0.3, 0.4) is 0 Å². The van der Waals surface area contributed by atoms with E-state index in [4.69, 9.17) is 18.9 Å². The number of hydrogen-bond acceptors (Lipinski definition) is 11. The van der Waals surface area contributed by atoms with E-state index in [2.05, 4.69) is 0 Å². The number of carbonyl (C=O) groups is 2. The Labute approximate surface area is 178 Å². The van der Waals surface area contributed by atoms with Crippen LogP contribution in [0.4, 0.5) is 0 Å². The molecule has 6 unspecified atom stereocenters. The fourth-order valence-corrected chi connectivity index (χ4v) is 2.84. The van der Waals surface area contributed by atoms with E-state index in [0.717, 1.165) is 6.92 Å². The number of ether oxygens (including phenoxy) is 4. The van der Waals surface area contributed by atoms with E-state index in [1.165, 1.54) is 26.0 Å². The molecule has 1 aliphatic heterocycles. The summed E-state index contributed by atoms with van der Waals surface area (Å²) in [7, 11) is 0. The van der Waals surface area contributed by atoms with Gasteiger partial charge in [0.25, 0.3) is 0 Å². The molecule has 11 nitrogen and oxygen atoms in total. The fourth-order valence-electron chi connectivity index (χ4n) is 2.84. The molecule has 0 aromatic heterocycles. The van der Waals surface area contributed by atoms with Gasteiger partial charge in [-0.15, -0.1) is 0 Å². The van der Waals surface area contributed by atoms with Crippen LogP contribution in [0.2, 0.25) is 0 Å². The highest BCUT2D eigenvalue weighted by atomic mass is 16.7. The summed E-state index contributed by atoms with van der Waals surface area (Å²) in [6.45, 7) is 2.99. The molecule has 0 saturated carbocycles. The topological polar surface area (TPSA) is 172 Å². The van der Waals surface area contributed by atoms with Crippen LogP contribution in [-0.4, -0.2) is 86.5 Å². The first-order chi connectivity index (χ1) is 14.4. The van der Waals surface area contributed by atoms with Crippen molar-refractivity contribution in [1.82, 2.24) is 0 Å². The number of hydrogen-bond donors (Lipinski definition) is 5. The van der Waals surface area contributed by atoms with Gasteiger partial charge in [-0.3, -0.25) is 4.79 Å². The molecule has 2 rings (SSSR count). The summed E-state index contributed by atoms with van der Waals surface area (Å²) in [6.07, 6.45) is -8.50. The van der Waals surface area contributed by atoms with Crippen LogP contribution in [0.1, 0.15) is 26.3 Å². The van der Waals surface area contributed by atoms with Crippen molar-refractivity contribution < 1.29 is 54.1 Å². The Morgan fingerprint density at radius 1 is 1.10 bits per heavy atom. The van der Waals surface area contributed by atoms with Crippen LogP contribution in [0.25, 0.3) is 0 Å². The average Bonchev–Trinajstić information content (AvgIpc) is 2.70. The third-order valence-electron chi connectivity index (χ3n) is 4.54. The Hall–Kier alpha value is -2.28. The minimum absolute atomic E-state index is 0.174. The highest BCUT2D eigenvalue weighted by Crippen LogP contribution is 2.25. The van der Waals surface area contributed by atoms with Crippen LogP contribution in [0.15, 0.2) is 24.3 Å². The van der Waals surface area contributed by atoms with E-state index >= 15 is 0 Å². The number of benzene rings is 1. The summed E-state index contributed by atoms with van der Waals surface area (Å²) in [4.78, 5) is 23.3. The quantitative estimate of drug-likeness (QED) is 0.299. The highest BCUT2D eigenvalue weighted by molar-refractivity contribution is 5.79. The molecule has 1 aromatic rings. The Bertz CT molecular complexity index is 740. The lowest BCUT2D eigenvalue weighted by molar-refractivity contribution is -0.277. The Balaban J connectivity index is 1.96. The second-order valence-electron chi connectivity index (χ2n) is 7.71. The van der Waals surface area contributed by atoms with Gasteiger partial charge in [0.15, 0.2) is 0 Å². The third-order valence-corrected chi connectivity index (χ3v) is 4.54. The van der Waals surface area contributed by atoms with Crippen LogP contribution >= 0.6 is 0 Å². The fraction of sp³-hybridized carbons (Fsp3) is 0.600. The number of esters is 2. The third kappa shape index (κ3) is 6.60. The summed E-state index contributed by atoms with van der Waals surface area (Å²) in [5.41, 5.74) is -1.09. The Morgan fingerprint density at radius 3 is 2.23 bits per heavy atom. The van der Waals surface area contributed by atoms with Crippen molar-refractivity contribution in [2.75, 3.05) is 6.61 Å². The predicted molar refractivity (Wildman–Crippen MR) is 102 cm³/mol. The van der Waals surface area contributed by atoms with Crippen LogP contribution in [0.5, 0.6) is 5.75 Å². The lowest BCUT2D eigenvalue weighted by atomic mass is 9.99. The van der Waals surface area contributed by atoms with Crippen molar-refractivity contribution in [3.63, 3.8) is 0 Å². The summed E-state index contributed by atoms with van der Waals surface area (Å²) < 4.78 is 20.7.